The van der Waals surface area contributed by atoms with E-state index in [9.17, 15) is 5.26 Å². The van der Waals surface area contributed by atoms with Crippen LogP contribution in [0.3, 0.4) is 0 Å². The van der Waals surface area contributed by atoms with E-state index in [0.29, 0.717) is 28.5 Å². The molecule has 6 nitrogen and oxygen atoms in total. The van der Waals surface area contributed by atoms with E-state index in [2.05, 4.69) is 28.5 Å². The molecule has 0 saturated heterocycles. The smallest absolute Gasteiger partial charge is 0.298 e. The summed E-state index contributed by atoms with van der Waals surface area (Å²) in [6.45, 7) is 0.673. The second kappa shape index (κ2) is 6.34. The van der Waals surface area contributed by atoms with E-state index in [4.69, 9.17) is 18.0 Å². The van der Waals surface area contributed by atoms with Gasteiger partial charge in [-0.2, -0.15) is 5.26 Å². The molecule has 0 amide bonds. The minimum atomic E-state index is 0.371. The Kier molecular flexibility index (Phi) is 4.23. The molecule has 0 radical (unpaired) electrons. The fraction of sp³-hybridized carbons (Fsp3) is 0.235. The van der Waals surface area contributed by atoms with E-state index in [1.807, 2.05) is 25.4 Å². The lowest BCUT2D eigenvalue weighted by Crippen LogP contribution is -2.39. The van der Waals surface area contributed by atoms with Crippen LogP contribution < -0.4 is 15.6 Å². The molecule has 0 bridgehead atoms. The lowest BCUT2D eigenvalue weighted by atomic mass is 10.1. The summed E-state index contributed by atoms with van der Waals surface area (Å²) < 4.78 is 3.97. The number of nitriles is 1. The van der Waals surface area contributed by atoms with Crippen molar-refractivity contribution in [2.45, 2.75) is 6.42 Å². The number of H-pyrrole nitrogens is 1. The lowest BCUT2D eigenvalue weighted by Gasteiger charge is -2.11. The van der Waals surface area contributed by atoms with E-state index in [-0.39, 0.29) is 0 Å². The average molecular weight is 339 g/mol. The first-order valence-corrected chi connectivity index (χ1v) is 8.03. The van der Waals surface area contributed by atoms with Gasteiger partial charge < -0.3 is 16.0 Å². The maximum Gasteiger partial charge on any atom is 0.298 e. The molecule has 0 aliphatic heterocycles. The first kappa shape index (κ1) is 16.0. The van der Waals surface area contributed by atoms with Crippen LogP contribution in [0.25, 0.3) is 10.9 Å². The minimum Gasteiger partial charge on any atom is -0.371 e. The van der Waals surface area contributed by atoms with Crippen molar-refractivity contribution in [1.82, 2.24) is 9.55 Å². The standard InChI is InChI=1S/C17H18N6S/c1-22-15(19)13(9-18)16(23(2)17(22)24)20-8-7-11-10-21-14-6-4-3-5-12(11)14/h3-6,10,21H,7-8H2,1-2H3,(H2,19,20)/p+1. The van der Waals surface area contributed by atoms with Gasteiger partial charge in [0.2, 0.25) is 5.82 Å². The third-order valence-electron chi connectivity index (χ3n) is 4.24. The van der Waals surface area contributed by atoms with Crippen LogP contribution in [0, 0.1) is 16.1 Å². The van der Waals surface area contributed by atoms with E-state index in [0.717, 1.165) is 11.9 Å². The van der Waals surface area contributed by atoms with Gasteiger partial charge in [0.05, 0.1) is 20.6 Å². The zero-order valence-corrected chi connectivity index (χ0v) is 14.4. The summed E-state index contributed by atoms with van der Waals surface area (Å²) >= 11 is 5.36. The number of nitrogens with one attached hydrogen (secondary N) is 2. The second-order valence-corrected chi connectivity index (χ2v) is 6.02. The molecule has 0 atom stereocenters. The van der Waals surface area contributed by atoms with Crippen molar-refractivity contribution in [3.63, 3.8) is 0 Å². The fourth-order valence-electron chi connectivity index (χ4n) is 2.85. The normalized spacial score (nSPS) is 10.7. The summed E-state index contributed by atoms with van der Waals surface area (Å²) in [6, 6.07) is 10.4. The van der Waals surface area contributed by atoms with Gasteiger partial charge in [-0.25, -0.2) is 9.13 Å². The Morgan fingerprint density at radius 1 is 1.42 bits per heavy atom. The first-order chi connectivity index (χ1) is 11.5. The van der Waals surface area contributed by atoms with Gasteiger partial charge in [0, 0.05) is 23.5 Å². The molecule has 3 rings (SSSR count). The predicted octanol–water partition coefficient (Wildman–Crippen LogP) is 2.17. The molecule has 3 aromatic rings. The Labute approximate surface area is 145 Å². The number of aromatic nitrogens is 3. The first-order valence-electron chi connectivity index (χ1n) is 7.62. The van der Waals surface area contributed by atoms with Gasteiger partial charge in [-0.05, 0) is 23.8 Å². The lowest BCUT2D eigenvalue weighted by molar-refractivity contribution is -0.668. The summed E-state index contributed by atoms with van der Waals surface area (Å²) in [5.41, 5.74) is 8.78. The van der Waals surface area contributed by atoms with Crippen molar-refractivity contribution >= 4 is 34.8 Å². The Hall–Kier alpha value is -2.85. The van der Waals surface area contributed by atoms with Crippen LogP contribution in [0.5, 0.6) is 0 Å². The molecule has 0 fully saturated rings. The van der Waals surface area contributed by atoms with Gasteiger partial charge >= 0.3 is 0 Å². The van der Waals surface area contributed by atoms with Crippen LogP contribution in [0.2, 0.25) is 0 Å². The third kappa shape index (κ3) is 2.61. The van der Waals surface area contributed by atoms with E-state index >= 15 is 0 Å². The van der Waals surface area contributed by atoms with Crippen LogP contribution in [0.15, 0.2) is 30.5 Å². The van der Waals surface area contributed by atoms with E-state index in [1.165, 1.54) is 10.9 Å². The molecule has 2 aromatic heterocycles. The third-order valence-corrected chi connectivity index (χ3v) is 4.78. The second-order valence-electron chi connectivity index (χ2n) is 5.66. The molecule has 24 heavy (non-hydrogen) atoms. The number of hydrogen-bond donors (Lipinski definition) is 3. The molecule has 0 aliphatic carbocycles. The molecule has 122 valence electrons. The molecular weight excluding hydrogens is 320 g/mol. The van der Waals surface area contributed by atoms with Crippen molar-refractivity contribution < 1.29 is 4.57 Å². The maximum absolute atomic E-state index is 9.43. The van der Waals surface area contributed by atoms with E-state index < -0.39 is 0 Å². The summed E-state index contributed by atoms with van der Waals surface area (Å²) in [6.07, 6.45) is 2.85. The van der Waals surface area contributed by atoms with Crippen molar-refractivity contribution in [1.29, 1.82) is 5.26 Å². The van der Waals surface area contributed by atoms with Crippen molar-refractivity contribution in [3.8, 4) is 6.07 Å². The highest BCUT2D eigenvalue weighted by molar-refractivity contribution is 7.71. The fourth-order valence-corrected chi connectivity index (χ4v) is 3.04. The predicted molar refractivity (Wildman–Crippen MR) is 97.0 cm³/mol. The SMILES string of the molecule is Cn1c(N)c(C#N)c(NCCc2c[nH]c3ccccc23)[n+](C)c1=S. The zero-order chi connectivity index (χ0) is 17.3. The van der Waals surface area contributed by atoms with Crippen LogP contribution in [-0.2, 0) is 20.5 Å². The summed E-state index contributed by atoms with van der Waals surface area (Å²) in [5.74, 6) is 1.02. The van der Waals surface area contributed by atoms with Crippen LogP contribution in [0.1, 0.15) is 11.1 Å². The maximum atomic E-state index is 9.43. The van der Waals surface area contributed by atoms with Crippen LogP contribution in [-0.4, -0.2) is 16.1 Å². The van der Waals surface area contributed by atoms with Gasteiger partial charge in [-0.1, -0.05) is 18.2 Å². The van der Waals surface area contributed by atoms with Gasteiger partial charge in [0.1, 0.15) is 6.07 Å². The Morgan fingerprint density at radius 3 is 2.92 bits per heavy atom. The van der Waals surface area contributed by atoms with Crippen molar-refractivity contribution in [2.24, 2.45) is 14.1 Å². The number of anilines is 2. The largest absolute Gasteiger partial charge is 0.371 e. The van der Waals surface area contributed by atoms with Crippen molar-refractivity contribution in [2.75, 3.05) is 17.6 Å². The summed E-state index contributed by atoms with van der Waals surface area (Å²) in [7, 11) is 3.59. The number of rotatable bonds is 4. The Bertz CT molecular complexity index is 1010. The molecule has 0 spiro atoms. The molecule has 0 unspecified atom stereocenters. The molecule has 0 aliphatic rings. The van der Waals surface area contributed by atoms with Gasteiger partial charge in [0.25, 0.3) is 4.77 Å². The van der Waals surface area contributed by atoms with Crippen LogP contribution >= 0.6 is 12.2 Å². The number of fused-ring (bicyclic) bond motifs is 1. The quantitative estimate of drug-likeness (QED) is 0.502. The van der Waals surface area contributed by atoms with Gasteiger partial charge in [-0.3, -0.25) is 0 Å². The number of nitrogen functional groups attached to an aromatic ring is 1. The molecule has 4 N–H and O–H groups in total. The molecule has 2 heterocycles. The number of benzene rings is 1. The van der Waals surface area contributed by atoms with Crippen molar-refractivity contribution in [3.05, 3.63) is 46.4 Å². The zero-order valence-electron chi connectivity index (χ0n) is 13.6. The topological polar surface area (TPSA) is 86.4 Å². The minimum absolute atomic E-state index is 0.371. The number of hydrogen-bond acceptors (Lipinski definition) is 4. The molecular formula is C17H19N6S+. The van der Waals surface area contributed by atoms with Gasteiger partial charge in [0.15, 0.2) is 11.4 Å². The summed E-state index contributed by atoms with van der Waals surface area (Å²) in [4.78, 5) is 3.27. The monoisotopic (exact) mass is 339 g/mol. The molecule has 1 aromatic carbocycles. The van der Waals surface area contributed by atoms with Crippen LogP contribution in [0.4, 0.5) is 11.6 Å². The van der Waals surface area contributed by atoms with Gasteiger partial charge in [-0.15, -0.1) is 0 Å². The average Bonchev–Trinajstić information content (AvgIpc) is 3.01. The Balaban J connectivity index is 1.85. The number of para-hydroxylation sites is 1. The molecule has 0 saturated carbocycles. The number of aromatic amines is 1. The van der Waals surface area contributed by atoms with E-state index in [1.54, 1.807) is 16.2 Å². The summed E-state index contributed by atoms with van der Waals surface area (Å²) in [5, 5.41) is 14.0. The number of nitrogens with zero attached hydrogens (tertiary/aromatic N) is 3. The number of nitrogens with two attached hydrogens (primary N) is 1. The highest BCUT2D eigenvalue weighted by Gasteiger charge is 2.20. The Morgan fingerprint density at radius 2 is 2.17 bits per heavy atom. The highest BCUT2D eigenvalue weighted by Crippen LogP contribution is 2.19. The highest BCUT2D eigenvalue weighted by atomic mass is 32.1. The molecule has 7 heteroatoms.